The van der Waals surface area contributed by atoms with Crippen molar-refractivity contribution in [1.82, 2.24) is 9.88 Å². The van der Waals surface area contributed by atoms with Crippen LogP contribution in [0.3, 0.4) is 0 Å². The number of nitrogens with one attached hydrogen (secondary N) is 1. The van der Waals surface area contributed by atoms with E-state index in [0.717, 1.165) is 16.7 Å². The molecule has 2 aromatic rings. The lowest BCUT2D eigenvalue weighted by Crippen LogP contribution is -2.26. The average molecular weight is 457 g/mol. The summed E-state index contributed by atoms with van der Waals surface area (Å²) in [5, 5.41) is 2.22. The van der Waals surface area contributed by atoms with Crippen molar-refractivity contribution in [1.29, 1.82) is 0 Å². The Hall–Kier alpha value is -3.60. The van der Waals surface area contributed by atoms with E-state index >= 15 is 0 Å². The van der Waals surface area contributed by atoms with Crippen LogP contribution in [0.1, 0.15) is 16.8 Å². The number of nitrogens with zero attached hydrogens (tertiary/aromatic N) is 2. The number of thioether (sulfide) groups is 1. The number of benzene rings is 1. The average Bonchev–Trinajstić information content (AvgIpc) is 3.04. The predicted molar refractivity (Wildman–Crippen MR) is 113 cm³/mol. The van der Waals surface area contributed by atoms with E-state index in [-0.39, 0.29) is 28.8 Å². The Kier molecular flexibility index (Phi) is 6.26. The molecule has 1 N–H and O–H groups in total. The van der Waals surface area contributed by atoms with Gasteiger partial charge in [0.15, 0.2) is 18.1 Å². The molecule has 3 amide bonds. The van der Waals surface area contributed by atoms with Gasteiger partial charge in [-0.15, -0.1) is 0 Å². The van der Waals surface area contributed by atoms with Crippen LogP contribution in [0.5, 0.6) is 11.5 Å². The first-order chi connectivity index (χ1) is 15.4. The van der Waals surface area contributed by atoms with Gasteiger partial charge in [-0.2, -0.15) is 0 Å². The van der Waals surface area contributed by atoms with Crippen LogP contribution in [0.2, 0.25) is 0 Å². The maximum Gasteiger partial charge on any atom is 0.341 e. The molecule has 1 fully saturated rings. The van der Waals surface area contributed by atoms with E-state index in [4.69, 9.17) is 14.2 Å². The molecule has 2 aliphatic heterocycles. The molecule has 0 saturated carbocycles. The van der Waals surface area contributed by atoms with Crippen molar-refractivity contribution in [2.75, 3.05) is 32.2 Å². The van der Waals surface area contributed by atoms with Gasteiger partial charge in [0.25, 0.3) is 5.91 Å². The minimum atomic E-state index is -0.761. The Morgan fingerprint density at radius 2 is 2.00 bits per heavy atom. The SMILES string of the molecule is CN1C(=O)CC(Sc2ncccc2C(=O)OCC(=O)Nc2ccc3c(c2)OCCO3)C1=O. The molecule has 1 saturated heterocycles. The summed E-state index contributed by atoms with van der Waals surface area (Å²) in [7, 11) is 1.42. The highest BCUT2D eigenvalue weighted by Crippen LogP contribution is 2.33. The number of ether oxygens (including phenoxy) is 3. The molecule has 1 aromatic heterocycles. The minimum absolute atomic E-state index is 0.0308. The fraction of sp³-hybridized carbons (Fsp3) is 0.286. The normalized spacial score (nSPS) is 17.3. The van der Waals surface area contributed by atoms with Crippen LogP contribution < -0.4 is 14.8 Å². The van der Waals surface area contributed by atoms with Crippen molar-refractivity contribution < 1.29 is 33.4 Å². The molecule has 1 aromatic carbocycles. The number of carbonyl (C=O) groups excluding carboxylic acids is 4. The molecule has 0 radical (unpaired) electrons. The zero-order valence-electron chi connectivity index (χ0n) is 17.0. The predicted octanol–water partition coefficient (Wildman–Crippen LogP) is 1.50. The highest BCUT2D eigenvalue weighted by Gasteiger charge is 2.37. The molecule has 1 atom stereocenters. The molecule has 32 heavy (non-hydrogen) atoms. The Morgan fingerprint density at radius 1 is 1.22 bits per heavy atom. The van der Waals surface area contributed by atoms with Crippen LogP contribution in [0, 0.1) is 0 Å². The molecule has 166 valence electrons. The van der Waals surface area contributed by atoms with Gasteiger partial charge in [-0.25, -0.2) is 9.78 Å². The molecule has 2 aliphatic rings. The molecule has 10 nitrogen and oxygen atoms in total. The minimum Gasteiger partial charge on any atom is -0.486 e. The highest BCUT2D eigenvalue weighted by atomic mass is 32.2. The monoisotopic (exact) mass is 457 g/mol. The van der Waals surface area contributed by atoms with Gasteiger partial charge in [0, 0.05) is 31.4 Å². The number of rotatable bonds is 6. The van der Waals surface area contributed by atoms with E-state index in [9.17, 15) is 19.2 Å². The van der Waals surface area contributed by atoms with Gasteiger partial charge >= 0.3 is 5.97 Å². The molecule has 4 rings (SSSR count). The Morgan fingerprint density at radius 3 is 2.75 bits per heavy atom. The third-order valence-corrected chi connectivity index (χ3v) is 5.95. The van der Waals surface area contributed by atoms with Crippen LogP contribution in [0.25, 0.3) is 0 Å². The summed E-state index contributed by atoms with van der Waals surface area (Å²) in [5.74, 6) is -0.814. The van der Waals surface area contributed by atoms with Crippen LogP contribution in [0.4, 0.5) is 5.69 Å². The summed E-state index contributed by atoms with van der Waals surface area (Å²) in [5.41, 5.74) is 0.584. The summed E-state index contributed by atoms with van der Waals surface area (Å²) in [6.07, 6.45) is 1.50. The zero-order valence-corrected chi connectivity index (χ0v) is 17.8. The summed E-state index contributed by atoms with van der Waals surface area (Å²) >= 11 is 1.02. The Labute approximate surface area is 187 Å². The Bertz CT molecular complexity index is 1090. The molecule has 11 heteroatoms. The van der Waals surface area contributed by atoms with E-state index in [1.807, 2.05) is 0 Å². The van der Waals surface area contributed by atoms with Crippen molar-refractivity contribution in [2.45, 2.75) is 16.7 Å². The maximum atomic E-state index is 12.5. The van der Waals surface area contributed by atoms with Crippen LogP contribution in [-0.2, 0) is 19.1 Å². The standard InChI is InChI=1S/C21H19N3O7S/c1-24-18(26)10-16(20(24)27)32-19-13(3-2-6-22-19)21(28)31-11-17(25)23-12-4-5-14-15(9-12)30-8-7-29-14/h2-6,9,16H,7-8,10-11H2,1H3,(H,23,25). The lowest BCUT2D eigenvalue weighted by Gasteiger charge is -2.19. The summed E-state index contributed by atoms with van der Waals surface area (Å²) in [6, 6.07) is 7.99. The number of amides is 3. The van der Waals surface area contributed by atoms with Gasteiger partial charge in [-0.3, -0.25) is 19.3 Å². The van der Waals surface area contributed by atoms with Crippen LogP contribution in [0.15, 0.2) is 41.6 Å². The van der Waals surface area contributed by atoms with Crippen molar-refractivity contribution in [3.05, 3.63) is 42.1 Å². The number of aromatic nitrogens is 1. The largest absolute Gasteiger partial charge is 0.486 e. The number of likely N-dealkylation sites (tertiary alicyclic amines) is 1. The van der Waals surface area contributed by atoms with E-state index < -0.39 is 23.7 Å². The van der Waals surface area contributed by atoms with Gasteiger partial charge < -0.3 is 19.5 Å². The molecular formula is C21H19N3O7S. The number of carbonyl (C=O) groups is 4. The third kappa shape index (κ3) is 4.67. The van der Waals surface area contributed by atoms with E-state index in [2.05, 4.69) is 10.3 Å². The molecule has 0 spiro atoms. The Balaban J connectivity index is 1.36. The topological polar surface area (TPSA) is 124 Å². The smallest absolute Gasteiger partial charge is 0.341 e. The number of hydrogen-bond acceptors (Lipinski definition) is 9. The quantitative estimate of drug-likeness (QED) is 0.507. The fourth-order valence-electron chi connectivity index (χ4n) is 3.12. The van der Waals surface area contributed by atoms with Crippen molar-refractivity contribution in [3.63, 3.8) is 0 Å². The van der Waals surface area contributed by atoms with Crippen LogP contribution >= 0.6 is 11.8 Å². The van der Waals surface area contributed by atoms with Gasteiger partial charge in [-0.05, 0) is 24.3 Å². The highest BCUT2D eigenvalue weighted by molar-refractivity contribution is 8.00. The number of anilines is 1. The number of imide groups is 1. The second-order valence-corrected chi connectivity index (χ2v) is 8.13. The second kappa shape index (κ2) is 9.27. The number of pyridine rings is 1. The molecule has 0 bridgehead atoms. The summed E-state index contributed by atoms with van der Waals surface area (Å²) in [6.45, 7) is 0.366. The fourth-order valence-corrected chi connectivity index (χ4v) is 4.27. The third-order valence-electron chi connectivity index (χ3n) is 4.75. The van der Waals surface area contributed by atoms with E-state index in [1.54, 1.807) is 24.3 Å². The van der Waals surface area contributed by atoms with Crippen molar-refractivity contribution in [2.24, 2.45) is 0 Å². The lowest BCUT2D eigenvalue weighted by molar-refractivity contribution is -0.136. The van der Waals surface area contributed by atoms with Gasteiger partial charge in [0.2, 0.25) is 11.8 Å². The molecular weight excluding hydrogens is 438 g/mol. The number of hydrogen-bond donors (Lipinski definition) is 1. The second-order valence-electron chi connectivity index (χ2n) is 6.94. The maximum absolute atomic E-state index is 12.5. The first kappa shape index (κ1) is 21.6. The van der Waals surface area contributed by atoms with Gasteiger partial charge in [0.05, 0.1) is 10.8 Å². The first-order valence-electron chi connectivity index (χ1n) is 9.71. The number of fused-ring (bicyclic) bond motifs is 1. The summed E-state index contributed by atoms with van der Waals surface area (Å²) in [4.78, 5) is 53.8. The molecule has 0 aliphatic carbocycles. The zero-order chi connectivity index (χ0) is 22.7. The van der Waals surface area contributed by atoms with Crippen molar-refractivity contribution in [3.8, 4) is 11.5 Å². The van der Waals surface area contributed by atoms with Gasteiger partial charge in [0.1, 0.15) is 18.2 Å². The molecule has 3 heterocycles. The lowest BCUT2D eigenvalue weighted by atomic mass is 10.2. The van der Waals surface area contributed by atoms with E-state index in [0.29, 0.717) is 30.4 Å². The first-order valence-corrected chi connectivity index (χ1v) is 10.6. The summed E-state index contributed by atoms with van der Waals surface area (Å²) < 4.78 is 16.0. The van der Waals surface area contributed by atoms with E-state index in [1.165, 1.54) is 19.3 Å². The van der Waals surface area contributed by atoms with Crippen molar-refractivity contribution >= 4 is 41.1 Å². The van der Waals surface area contributed by atoms with Crippen LogP contribution in [-0.4, -0.2) is 65.7 Å². The van der Waals surface area contributed by atoms with Gasteiger partial charge in [-0.1, -0.05) is 11.8 Å². The molecule has 1 unspecified atom stereocenters. The number of esters is 1.